The van der Waals surface area contributed by atoms with Gasteiger partial charge in [-0.05, 0) is 43.2 Å². The molecule has 0 fully saturated rings. The quantitative estimate of drug-likeness (QED) is 0.264. The predicted molar refractivity (Wildman–Crippen MR) is 139 cm³/mol. The lowest BCUT2D eigenvalue weighted by atomic mass is 9.97. The average molecular weight is 576 g/mol. The second-order valence-electron chi connectivity index (χ2n) is 9.60. The number of Topliss-reactive ketones (excluding diaryl/α,β-unsaturated/α-hetero) is 1. The van der Waals surface area contributed by atoms with Crippen LogP contribution in [0.3, 0.4) is 0 Å². The molecule has 3 aromatic carbocycles. The van der Waals surface area contributed by atoms with Gasteiger partial charge in [0.05, 0.1) is 23.8 Å². The average Bonchev–Trinajstić information content (AvgIpc) is 2.93. The zero-order valence-corrected chi connectivity index (χ0v) is 22.1. The zero-order valence-electron chi connectivity index (χ0n) is 22.1. The minimum absolute atomic E-state index is 0.0184. The van der Waals surface area contributed by atoms with Crippen LogP contribution >= 0.6 is 0 Å². The van der Waals surface area contributed by atoms with Crippen molar-refractivity contribution in [1.29, 1.82) is 0 Å². The summed E-state index contributed by atoms with van der Waals surface area (Å²) >= 11 is 0. The van der Waals surface area contributed by atoms with Crippen LogP contribution in [0.5, 0.6) is 0 Å². The standard InChI is InChI=1S/C29H26F5N3O4/c1-15-18-6-5-16(28(40)35-13-20-23(32)11-17(30)12-24(20)33)10-25(18)37(29(41)36(15)2)14-21-22(31)8-7-19(27(21)34)26(39)4-3-9-38/h5-8,10-12,15,38H,3-4,9,13-14H2,1-2H3,(H,35,40)/t15-/m0/s1. The van der Waals surface area contributed by atoms with Gasteiger partial charge in [0.15, 0.2) is 5.78 Å². The summed E-state index contributed by atoms with van der Waals surface area (Å²) < 4.78 is 71.4. The van der Waals surface area contributed by atoms with Crippen molar-refractivity contribution in [2.75, 3.05) is 18.6 Å². The Morgan fingerprint density at radius 1 is 0.951 bits per heavy atom. The maximum Gasteiger partial charge on any atom is 0.325 e. The van der Waals surface area contributed by atoms with Crippen molar-refractivity contribution < 1.29 is 41.4 Å². The SMILES string of the molecule is C[C@H]1c2ccc(C(=O)NCc3c(F)cc(F)cc3F)cc2N(Cc2c(F)ccc(C(=O)CCCO)c2F)C(=O)N1C. The molecule has 2 N–H and O–H groups in total. The van der Waals surface area contributed by atoms with Crippen molar-refractivity contribution in [2.45, 2.75) is 38.9 Å². The van der Waals surface area contributed by atoms with Crippen molar-refractivity contribution in [3.05, 3.63) is 99.4 Å². The zero-order chi connectivity index (χ0) is 30.0. The molecule has 1 aliphatic rings. The van der Waals surface area contributed by atoms with Gasteiger partial charge >= 0.3 is 6.03 Å². The van der Waals surface area contributed by atoms with Crippen LogP contribution < -0.4 is 10.2 Å². The van der Waals surface area contributed by atoms with E-state index in [9.17, 15) is 31.9 Å². The monoisotopic (exact) mass is 575 g/mol. The van der Waals surface area contributed by atoms with E-state index in [1.807, 2.05) is 0 Å². The number of hydrogen-bond acceptors (Lipinski definition) is 4. The van der Waals surface area contributed by atoms with Crippen LogP contribution in [0.2, 0.25) is 0 Å². The Hall–Kier alpha value is -4.32. The molecule has 41 heavy (non-hydrogen) atoms. The highest BCUT2D eigenvalue weighted by Crippen LogP contribution is 2.38. The number of urea groups is 1. The van der Waals surface area contributed by atoms with Crippen LogP contribution in [0.1, 0.15) is 63.2 Å². The first-order valence-corrected chi connectivity index (χ1v) is 12.6. The van der Waals surface area contributed by atoms with E-state index >= 15 is 4.39 Å². The number of nitrogens with zero attached hydrogens (tertiary/aromatic N) is 2. The Morgan fingerprint density at radius 3 is 2.29 bits per heavy atom. The number of fused-ring (bicyclic) bond motifs is 1. The van der Waals surface area contributed by atoms with Gasteiger partial charge < -0.3 is 15.3 Å². The van der Waals surface area contributed by atoms with Gasteiger partial charge in [-0.2, -0.15) is 0 Å². The molecule has 0 bridgehead atoms. The molecule has 3 aromatic rings. The summed E-state index contributed by atoms with van der Waals surface area (Å²) in [6, 6.07) is 6.07. The van der Waals surface area contributed by atoms with Crippen LogP contribution in [0.15, 0.2) is 42.5 Å². The molecule has 4 rings (SSSR count). The van der Waals surface area contributed by atoms with Gasteiger partial charge in [-0.1, -0.05) is 6.07 Å². The summed E-state index contributed by atoms with van der Waals surface area (Å²) in [5.41, 5.74) is -0.772. The number of ketones is 1. The van der Waals surface area contributed by atoms with Gasteiger partial charge in [0, 0.05) is 55.4 Å². The van der Waals surface area contributed by atoms with E-state index in [2.05, 4.69) is 5.32 Å². The Kier molecular flexibility index (Phi) is 8.72. The molecule has 7 nitrogen and oxygen atoms in total. The molecule has 3 amide bonds. The number of rotatable bonds is 9. The van der Waals surface area contributed by atoms with Crippen molar-refractivity contribution >= 4 is 23.4 Å². The fraction of sp³-hybridized carbons (Fsp3) is 0.276. The number of halogens is 5. The third-order valence-corrected chi connectivity index (χ3v) is 7.04. The van der Waals surface area contributed by atoms with E-state index in [4.69, 9.17) is 5.11 Å². The van der Waals surface area contributed by atoms with Gasteiger partial charge in [0.1, 0.15) is 29.1 Å². The van der Waals surface area contributed by atoms with Gasteiger partial charge in [-0.25, -0.2) is 26.7 Å². The van der Waals surface area contributed by atoms with Crippen LogP contribution in [-0.4, -0.2) is 41.4 Å². The molecule has 0 aliphatic carbocycles. The molecule has 0 spiro atoms. The number of amides is 3. The molecule has 1 atom stereocenters. The van der Waals surface area contributed by atoms with Crippen LogP contribution in [0.4, 0.5) is 32.4 Å². The minimum Gasteiger partial charge on any atom is -0.396 e. The molecule has 1 aliphatic heterocycles. The fourth-order valence-electron chi connectivity index (χ4n) is 4.59. The number of aliphatic hydroxyl groups excluding tert-OH is 1. The van der Waals surface area contributed by atoms with Crippen molar-refractivity contribution in [1.82, 2.24) is 10.2 Å². The topological polar surface area (TPSA) is 90.0 Å². The van der Waals surface area contributed by atoms with Crippen LogP contribution in [0, 0.1) is 29.1 Å². The van der Waals surface area contributed by atoms with E-state index in [0.29, 0.717) is 17.7 Å². The van der Waals surface area contributed by atoms with Gasteiger partial charge in [0.2, 0.25) is 0 Å². The molecular weight excluding hydrogens is 549 g/mol. The summed E-state index contributed by atoms with van der Waals surface area (Å²) in [7, 11) is 1.50. The molecule has 0 radical (unpaired) electrons. The predicted octanol–water partition coefficient (Wildman–Crippen LogP) is 5.40. The maximum atomic E-state index is 15.4. The number of benzene rings is 3. The highest BCUT2D eigenvalue weighted by atomic mass is 19.2. The molecular formula is C29H26F5N3O4. The largest absolute Gasteiger partial charge is 0.396 e. The van der Waals surface area contributed by atoms with Gasteiger partial charge in [-0.3, -0.25) is 14.5 Å². The highest BCUT2D eigenvalue weighted by molar-refractivity contribution is 6.00. The number of nitrogens with one attached hydrogen (secondary N) is 1. The summed E-state index contributed by atoms with van der Waals surface area (Å²) in [6.07, 6.45) is -0.0641. The van der Waals surface area contributed by atoms with E-state index in [-0.39, 0.29) is 36.3 Å². The third kappa shape index (κ3) is 5.92. The first kappa shape index (κ1) is 29.7. The van der Waals surface area contributed by atoms with Crippen molar-refractivity contribution in [3.63, 3.8) is 0 Å². The molecule has 0 saturated carbocycles. The fourth-order valence-corrected chi connectivity index (χ4v) is 4.59. The smallest absolute Gasteiger partial charge is 0.325 e. The van der Waals surface area contributed by atoms with Crippen molar-refractivity contribution in [3.8, 4) is 0 Å². The molecule has 1 heterocycles. The number of carbonyl (C=O) groups excluding carboxylic acids is 3. The second kappa shape index (κ2) is 12.0. The first-order valence-electron chi connectivity index (χ1n) is 12.6. The Labute approximate surface area is 232 Å². The molecule has 216 valence electrons. The molecule has 0 saturated heterocycles. The summed E-state index contributed by atoms with van der Waals surface area (Å²) in [6.45, 7) is 0.228. The summed E-state index contributed by atoms with van der Waals surface area (Å²) in [4.78, 5) is 41.0. The lowest BCUT2D eigenvalue weighted by molar-refractivity contribution is 0.0947. The normalized spacial score (nSPS) is 14.7. The highest BCUT2D eigenvalue weighted by Gasteiger charge is 2.35. The van der Waals surface area contributed by atoms with E-state index in [1.165, 1.54) is 24.1 Å². The number of hydrogen-bond donors (Lipinski definition) is 2. The molecule has 12 heteroatoms. The van der Waals surface area contributed by atoms with E-state index < -0.39 is 77.1 Å². The van der Waals surface area contributed by atoms with E-state index in [1.54, 1.807) is 13.0 Å². The third-order valence-electron chi connectivity index (χ3n) is 7.04. The lowest BCUT2D eigenvalue weighted by Gasteiger charge is -2.39. The Morgan fingerprint density at radius 2 is 1.63 bits per heavy atom. The number of aliphatic hydroxyl groups is 1. The summed E-state index contributed by atoms with van der Waals surface area (Å²) in [5, 5.41) is 11.3. The van der Waals surface area contributed by atoms with E-state index in [0.717, 1.165) is 17.0 Å². The Balaban J connectivity index is 1.67. The first-order chi connectivity index (χ1) is 19.4. The molecule has 0 unspecified atom stereocenters. The number of carbonyl (C=O) groups is 3. The lowest BCUT2D eigenvalue weighted by Crippen LogP contribution is -2.47. The van der Waals surface area contributed by atoms with Gasteiger partial charge in [0.25, 0.3) is 5.91 Å². The molecule has 0 aromatic heterocycles. The van der Waals surface area contributed by atoms with Crippen LogP contribution in [-0.2, 0) is 13.1 Å². The minimum atomic E-state index is -1.18. The van der Waals surface area contributed by atoms with Crippen molar-refractivity contribution in [2.24, 2.45) is 0 Å². The number of anilines is 1. The Bertz CT molecular complexity index is 1510. The second-order valence-corrected chi connectivity index (χ2v) is 9.60. The van der Waals surface area contributed by atoms with Crippen LogP contribution in [0.25, 0.3) is 0 Å². The summed E-state index contributed by atoms with van der Waals surface area (Å²) in [5.74, 6) is -7.01. The van der Waals surface area contributed by atoms with Gasteiger partial charge in [-0.15, -0.1) is 0 Å². The maximum absolute atomic E-state index is 15.4.